The van der Waals surface area contributed by atoms with Gasteiger partial charge in [-0.05, 0) is 43.9 Å². The summed E-state index contributed by atoms with van der Waals surface area (Å²) in [5, 5.41) is 12.6. The van der Waals surface area contributed by atoms with Crippen LogP contribution in [0.1, 0.15) is 57.8 Å². The van der Waals surface area contributed by atoms with E-state index in [1.165, 1.54) is 25.7 Å². The van der Waals surface area contributed by atoms with Gasteiger partial charge < -0.3 is 10.4 Å². The van der Waals surface area contributed by atoms with Crippen molar-refractivity contribution in [2.45, 2.75) is 63.9 Å². The van der Waals surface area contributed by atoms with Crippen LogP contribution in [-0.2, 0) is 4.79 Å². The molecule has 0 aromatic rings. The van der Waals surface area contributed by atoms with Gasteiger partial charge in [0.25, 0.3) is 0 Å². The molecule has 0 aromatic carbocycles. The van der Waals surface area contributed by atoms with Gasteiger partial charge in [0, 0.05) is 13.0 Å². The zero-order valence-electron chi connectivity index (χ0n) is 10.7. The summed E-state index contributed by atoms with van der Waals surface area (Å²) in [7, 11) is 0. The van der Waals surface area contributed by atoms with Crippen molar-refractivity contribution in [1.29, 1.82) is 0 Å². The lowest BCUT2D eigenvalue weighted by Crippen LogP contribution is -2.33. The van der Waals surface area contributed by atoms with E-state index in [2.05, 4.69) is 5.32 Å². The molecule has 0 spiro atoms. The minimum atomic E-state index is -0.138. The van der Waals surface area contributed by atoms with Crippen LogP contribution in [0.2, 0.25) is 0 Å². The van der Waals surface area contributed by atoms with Crippen molar-refractivity contribution in [1.82, 2.24) is 5.32 Å². The summed E-state index contributed by atoms with van der Waals surface area (Å²) in [6.07, 6.45) is 9.70. The van der Waals surface area contributed by atoms with E-state index in [4.69, 9.17) is 0 Å². The van der Waals surface area contributed by atoms with E-state index in [9.17, 15) is 9.90 Å². The largest absolute Gasteiger partial charge is 0.393 e. The Morgan fingerprint density at radius 3 is 2.47 bits per heavy atom. The van der Waals surface area contributed by atoms with Crippen LogP contribution in [0, 0.1) is 11.8 Å². The summed E-state index contributed by atoms with van der Waals surface area (Å²) in [5.41, 5.74) is 0. The van der Waals surface area contributed by atoms with Gasteiger partial charge in [-0.25, -0.2) is 0 Å². The molecule has 0 aromatic heterocycles. The molecule has 3 heteroatoms. The third kappa shape index (κ3) is 4.30. The van der Waals surface area contributed by atoms with Crippen LogP contribution in [0.25, 0.3) is 0 Å². The Hall–Kier alpha value is -0.570. The fraction of sp³-hybridized carbons (Fsp3) is 0.929. The summed E-state index contributed by atoms with van der Waals surface area (Å²) in [4.78, 5) is 11.7. The molecular formula is C14H25NO2. The number of hydrogen-bond donors (Lipinski definition) is 2. The number of hydrogen-bond acceptors (Lipinski definition) is 2. The number of nitrogens with one attached hydrogen (secondary N) is 1. The van der Waals surface area contributed by atoms with E-state index in [1.54, 1.807) is 0 Å². The predicted molar refractivity (Wildman–Crippen MR) is 67.5 cm³/mol. The minimum absolute atomic E-state index is 0.138. The molecule has 1 amide bonds. The van der Waals surface area contributed by atoms with Crippen molar-refractivity contribution in [3.63, 3.8) is 0 Å². The molecule has 2 unspecified atom stereocenters. The first-order valence-electron chi connectivity index (χ1n) is 7.19. The molecule has 2 rings (SSSR count). The normalized spacial score (nSPS) is 30.4. The fourth-order valence-electron chi connectivity index (χ4n) is 3.26. The SMILES string of the molecule is O=C(CC1CCCC1)NCC1CCCC(O)C1. The van der Waals surface area contributed by atoms with Crippen molar-refractivity contribution in [2.24, 2.45) is 11.8 Å². The van der Waals surface area contributed by atoms with Crippen LogP contribution in [0.4, 0.5) is 0 Å². The maximum Gasteiger partial charge on any atom is 0.220 e. The van der Waals surface area contributed by atoms with E-state index in [-0.39, 0.29) is 12.0 Å². The van der Waals surface area contributed by atoms with Gasteiger partial charge in [0.2, 0.25) is 5.91 Å². The lowest BCUT2D eigenvalue weighted by molar-refractivity contribution is -0.122. The van der Waals surface area contributed by atoms with E-state index in [1.807, 2.05) is 0 Å². The van der Waals surface area contributed by atoms with Gasteiger partial charge in [-0.1, -0.05) is 19.3 Å². The van der Waals surface area contributed by atoms with Gasteiger partial charge >= 0.3 is 0 Å². The third-order valence-electron chi connectivity index (χ3n) is 4.29. The summed E-state index contributed by atoms with van der Waals surface area (Å²) < 4.78 is 0. The standard InChI is InChI=1S/C14H25NO2/c16-13-7-3-6-12(8-13)10-15-14(17)9-11-4-1-2-5-11/h11-13,16H,1-10H2,(H,15,17). The lowest BCUT2D eigenvalue weighted by atomic mass is 9.87. The zero-order chi connectivity index (χ0) is 12.1. The Kier molecular flexibility index (Phi) is 4.84. The number of amides is 1. The quantitative estimate of drug-likeness (QED) is 0.790. The van der Waals surface area contributed by atoms with Crippen molar-refractivity contribution >= 4 is 5.91 Å². The Balaban J connectivity index is 1.61. The number of carbonyl (C=O) groups excluding carboxylic acids is 1. The number of carbonyl (C=O) groups is 1. The highest BCUT2D eigenvalue weighted by Gasteiger charge is 2.22. The second-order valence-electron chi connectivity index (χ2n) is 5.85. The molecule has 2 N–H and O–H groups in total. The van der Waals surface area contributed by atoms with Gasteiger partial charge in [-0.15, -0.1) is 0 Å². The molecule has 2 aliphatic rings. The van der Waals surface area contributed by atoms with E-state index in [0.29, 0.717) is 11.8 Å². The van der Waals surface area contributed by atoms with Gasteiger partial charge in [-0.2, -0.15) is 0 Å². The van der Waals surface area contributed by atoms with Crippen molar-refractivity contribution < 1.29 is 9.90 Å². The highest BCUT2D eigenvalue weighted by Crippen LogP contribution is 2.27. The Morgan fingerprint density at radius 1 is 1.06 bits per heavy atom. The topological polar surface area (TPSA) is 49.3 Å². The molecule has 0 heterocycles. The van der Waals surface area contributed by atoms with Crippen LogP contribution in [0.5, 0.6) is 0 Å². The monoisotopic (exact) mass is 239 g/mol. The summed E-state index contributed by atoms with van der Waals surface area (Å²) in [5.74, 6) is 1.34. The third-order valence-corrected chi connectivity index (χ3v) is 4.29. The van der Waals surface area contributed by atoms with E-state index < -0.39 is 0 Å². The summed E-state index contributed by atoms with van der Waals surface area (Å²) in [6, 6.07) is 0. The van der Waals surface area contributed by atoms with Crippen molar-refractivity contribution in [3.8, 4) is 0 Å². The van der Waals surface area contributed by atoms with Crippen LogP contribution in [0.15, 0.2) is 0 Å². The Labute approximate surface area is 104 Å². The molecule has 2 aliphatic carbocycles. The van der Waals surface area contributed by atoms with Crippen LogP contribution in [0.3, 0.4) is 0 Å². The Morgan fingerprint density at radius 2 is 1.76 bits per heavy atom. The van der Waals surface area contributed by atoms with Gasteiger partial charge in [0.15, 0.2) is 0 Å². The molecule has 98 valence electrons. The second kappa shape index (κ2) is 6.39. The molecule has 0 bridgehead atoms. The van der Waals surface area contributed by atoms with E-state index in [0.717, 1.165) is 38.6 Å². The van der Waals surface area contributed by atoms with Crippen LogP contribution < -0.4 is 5.32 Å². The first kappa shape index (κ1) is 12.9. The van der Waals surface area contributed by atoms with Crippen LogP contribution in [-0.4, -0.2) is 23.7 Å². The summed E-state index contributed by atoms with van der Waals surface area (Å²) >= 11 is 0. The molecule has 17 heavy (non-hydrogen) atoms. The average Bonchev–Trinajstić information content (AvgIpc) is 2.79. The molecule has 0 saturated heterocycles. The molecule has 2 atom stereocenters. The first-order valence-corrected chi connectivity index (χ1v) is 7.19. The molecule has 3 nitrogen and oxygen atoms in total. The minimum Gasteiger partial charge on any atom is -0.393 e. The van der Waals surface area contributed by atoms with Crippen molar-refractivity contribution in [3.05, 3.63) is 0 Å². The maximum absolute atomic E-state index is 11.7. The second-order valence-corrected chi connectivity index (χ2v) is 5.85. The lowest BCUT2D eigenvalue weighted by Gasteiger charge is -2.26. The number of aliphatic hydroxyl groups is 1. The highest BCUT2D eigenvalue weighted by molar-refractivity contribution is 5.76. The van der Waals surface area contributed by atoms with Gasteiger partial charge in [-0.3, -0.25) is 4.79 Å². The molecule has 2 saturated carbocycles. The fourth-order valence-corrected chi connectivity index (χ4v) is 3.26. The molecule has 0 radical (unpaired) electrons. The van der Waals surface area contributed by atoms with Crippen molar-refractivity contribution in [2.75, 3.05) is 6.54 Å². The number of rotatable bonds is 4. The smallest absolute Gasteiger partial charge is 0.220 e. The Bertz CT molecular complexity index is 249. The van der Waals surface area contributed by atoms with Gasteiger partial charge in [0.1, 0.15) is 0 Å². The van der Waals surface area contributed by atoms with Crippen LogP contribution >= 0.6 is 0 Å². The first-order chi connectivity index (χ1) is 8.24. The molecule has 2 fully saturated rings. The molecular weight excluding hydrogens is 214 g/mol. The average molecular weight is 239 g/mol. The van der Waals surface area contributed by atoms with Gasteiger partial charge in [0.05, 0.1) is 6.10 Å². The zero-order valence-corrected chi connectivity index (χ0v) is 10.7. The summed E-state index contributed by atoms with van der Waals surface area (Å²) in [6.45, 7) is 0.766. The maximum atomic E-state index is 11.7. The highest BCUT2D eigenvalue weighted by atomic mass is 16.3. The molecule has 0 aliphatic heterocycles. The number of aliphatic hydroxyl groups excluding tert-OH is 1. The predicted octanol–water partition coefficient (Wildman–Crippen LogP) is 2.23. The van der Waals surface area contributed by atoms with E-state index >= 15 is 0 Å².